The fraction of sp³-hybridized carbons (Fsp3) is 0.318. The predicted octanol–water partition coefficient (Wildman–Crippen LogP) is 3.39. The third-order valence-corrected chi connectivity index (χ3v) is 5.82. The zero-order chi connectivity index (χ0) is 20.0. The first-order valence-electron chi connectivity index (χ1n) is 9.82. The number of alkyl carbamates (subject to hydrolysis) is 1. The van der Waals surface area contributed by atoms with Gasteiger partial charge in [0.05, 0.1) is 17.6 Å². The number of aromatic nitrogens is 2. The predicted molar refractivity (Wildman–Crippen MR) is 110 cm³/mol. The van der Waals surface area contributed by atoms with Gasteiger partial charge < -0.3 is 20.1 Å². The number of para-hydroxylation sites is 1. The van der Waals surface area contributed by atoms with Gasteiger partial charge in [-0.15, -0.1) is 0 Å². The van der Waals surface area contributed by atoms with Gasteiger partial charge in [-0.25, -0.2) is 14.8 Å². The highest BCUT2D eigenvalue weighted by Crippen LogP contribution is 2.35. The summed E-state index contributed by atoms with van der Waals surface area (Å²) in [5, 5.41) is 14.1. The third kappa shape index (κ3) is 3.12. The lowest BCUT2D eigenvalue weighted by Crippen LogP contribution is -2.47. The normalized spacial score (nSPS) is 18.1. The van der Waals surface area contributed by atoms with Crippen molar-refractivity contribution in [2.75, 3.05) is 24.5 Å². The number of rotatable bonds is 2. The molecule has 0 saturated carbocycles. The topological polar surface area (TPSA) is 87.6 Å². The Balaban J connectivity index is 1.56. The molecule has 2 N–H and O–H groups in total. The van der Waals surface area contributed by atoms with Gasteiger partial charge in [0.2, 0.25) is 0 Å². The van der Waals surface area contributed by atoms with E-state index in [-0.39, 0.29) is 11.8 Å². The average molecular weight is 390 g/mol. The van der Waals surface area contributed by atoms with Crippen molar-refractivity contribution in [2.45, 2.75) is 25.4 Å². The molecule has 3 heterocycles. The van der Waals surface area contributed by atoms with E-state index in [0.29, 0.717) is 17.9 Å². The van der Waals surface area contributed by atoms with Gasteiger partial charge >= 0.3 is 6.09 Å². The Bertz CT molecular complexity index is 1110. The van der Waals surface area contributed by atoms with E-state index in [0.717, 1.165) is 48.2 Å². The number of fused-ring (bicyclic) bond motifs is 1. The molecule has 5 rings (SSSR count). The smallest absolute Gasteiger partial charge is 0.407 e. The number of amides is 1. The summed E-state index contributed by atoms with van der Waals surface area (Å²) in [7, 11) is 0. The van der Waals surface area contributed by atoms with E-state index in [4.69, 9.17) is 14.7 Å². The van der Waals surface area contributed by atoms with E-state index in [1.54, 1.807) is 12.1 Å². The standard InChI is InChI=1S/C22H22N4O3/c1-14-6-7-15-17(12-14)24-19(16-4-2-3-5-18(16)27)25-20(15)26-10-8-22(9-11-26)13-23-21(28)29-22/h2-7,12,27H,8-11,13H2,1H3,(H,23,28). The lowest BCUT2D eigenvalue weighted by molar-refractivity contribution is 0.0366. The van der Waals surface area contributed by atoms with Crippen LogP contribution >= 0.6 is 0 Å². The van der Waals surface area contributed by atoms with Crippen molar-refractivity contribution in [3.8, 4) is 17.1 Å². The summed E-state index contributed by atoms with van der Waals surface area (Å²) in [6.45, 7) is 4.06. The molecule has 0 atom stereocenters. The van der Waals surface area contributed by atoms with Gasteiger partial charge in [0.1, 0.15) is 17.2 Å². The van der Waals surface area contributed by atoms with E-state index in [9.17, 15) is 9.90 Å². The first-order chi connectivity index (χ1) is 14.0. The van der Waals surface area contributed by atoms with Crippen molar-refractivity contribution in [3.63, 3.8) is 0 Å². The number of carbonyl (C=O) groups is 1. The van der Waals surface area contributed by atoms with Gasteiger partial charge in [0.15, 0.2) is 5.82 Å². The van der Waals surface area contributed by atoms with Crippen LogP contribution in [0, 0.1) is 6.92 Å². The molecule has 2 fully saturated rings. The molecule has 3 aromatic rings. The van der Waals surface area contributed by atoms with Crippen LogP contribution in [0.5, 0.6) is 5.75 Å². The van der Waals surface area contributed by atoms with Crippen LogP contribution in [0.25, 0.3) is 22.3 Å². The number of nitrogens with zero attached hydrogens (tertiary/aromatic N) is 3. The maximum atomic E-state index is 11.5. The first kappa shape index (κ1) is 17.7. The zero-order valence-electron chi connectivity index (χ0n) is 16.2. The van der Waals surface area contributed by atoms with Gasteiger partial charge in [-0.2, -0.15) is 0 Å². The maximum absolute atomic E-state index is 11.5. The molecule has 0 unspecified atom stereocenters. The quantitative estimate of drug-likeness (QED) is 0.697. The second-order valence-electron chi connectivity index (χ2n) is 7.82. The van der Waals surface area contributed by atoms with Crippen LogP contribution in [0.1, 0.15) is 18.4 Å². The number of carbonyl (C=O) groups excluding carboxylic acids is 1. The number of benzene rings is 2. The molecule has 7 nitrogen and oxygen atoms in total. The minimum atomic E-state index is -0.409. The SMILES string of the molecule is Cc1ccc2c(N3CCC4(CC3)CNC(=O)O4)nc(-c3ccccc3O)nc2c1. The molecule has 2 saturated heterocycles. The van der Waals surface area contributed by atoms with Gasteiger partial charge in [0, 0.05) is 31.3 Å². The van der Waals surface area contributed by atoms with Crippen molar-refractivity contribution in [3.05, 3.63) is 48.0 Å². The monoisotopic (exact) mass is 390 g/mol. The molecule has 0 radical (unpaired) electrons. The van der Waals surface area contributed by atoms with Gasteiger partial charge in [-0.05, 0) is 36.8 Å². The zero-order valence-corrected chi connectivity index (χ0v) is 16.2. The van der Waals surface area contributed by atoms with Crippen molar-refractivity contribution in [1.82, 2.24) is 15.3 Å². The molecule has 29 heavy (non-hydrogen) atoms. The number of piperidine rings is 1. The highest BCUT2D eigenvalue weighted by atomic mass is 16.6. The fourth-order valence-corrected chi connectivity index (χ4v) is 4.15. The maximum Gasteiger partial charge on any atom is 0.407 e. The van der Waals surface area contributed by atoms with E-state index in [1.165, 1.54) is 0 Å². The van der Waals surface area contributed by atoms with Crippen LogP contribution < -0.4 is 10.2 Å². The minimum absolute atomic E-state index is 0.159. The third-order valence-electron chi connectivity index (χ3n) is 5.82. The number of anilines is 1. The van der Waals surface area contributed by atoms with Crippen LogP contribution in [-0.4, -0.2) is 46.4 Å². The molecule has 2 aromatic carbocycles. The highest BCUT2D eigenvalue weighted by molar-refractivity contribution is 5.92. The number of nitrogens with one attached hydrogen (secondary N) is 1. The molecule has 7 heteroatoms. The minimum Gasteiger partial charge on any atom is -0.507 e. The summed E-state index contributed by atoms with van der Waals surface area (Å²) in [5.74, 6) is 1.51. The van der Waals surface area contributed by atoms with Crippen molar-refractivity contribution >= 4 is 22.8 Å². The van der Waals surface area contributed by atoms with Crippen LogP contribution in [0.4, 0.5) is 10.6 Å². The fourth-order valence-electron chi connectivity index (χ4n) is 4.15. The largest absolute Gasteiger partial charge is 0.507 e. The summed E-state index contributed by atoms with van der Waals surface area (Å²) in [6, 6.07) is 13.3. The molecule has 1 spiro atoms. The molecular weight excluding hydrogens is 368 g/mol. The number of phenols is 1. The molecule has 0 aliphatic carbocycles. The van der Waals surface area contributed by atoms with E-state index in [2.05, 4.69) is 22.3 Å². The number of aromatic hydroxyl groups is 1. The molecule has 148 valence electrons. The van der Waals surface area contributed by atoms with Crippen molar-refractivity contribution in [2.24, 2.45) is 0 Å². The summed E-state index contributed by atoms with van der Waals surface area (Å²) in [4.78, 5) is 23.3. The van der Waals surface area contributed by atoms with Crippen LogP contribution in [0.2, 0.25) is 0 Å². The number of hydrogen-bond acceptors (Lipinski definition) is 6. The molecule has 2 aliphatic rings. The van der Waals surface area contributed by atoms with Gasteiger partial charge in [0.25, 0.3) is 0 Å². The number of hydrogen-bond donors (Lipinski definition) is 2. The van der Waals surface area contributed by atoms with Gasteiger partial charge in [-0.3, -0.25) is 0 Å². The van der Waals surface area contributed by atoms with E-state index in [1.807, 2.05) is 25.1 Å². The molecule has 2 aliphatic heterocycles. The summed E-state index contributed by atoms with van der Waals surface area (Å²) < 4.78 is 5.54. The van der Waals surface area contributed by atoms with Gasteiger partial charge in [-0.1, -0.05) is 18.2 Å². The number of ether oxygens (including phenoxy) is 1. The molecule has 0 bridgehead atoms. The summed E-state index contributed by atoms with van der Waals surface area (Å²) in [5.41, 5.74) is 2.17. The van der Waals surface area contributed by atoms with Crippen LogP contribution in [0.3, 0.4) is 0 Å². The molecule has 1 aromatic heterocycles. The molecular formula is C22H22N4O3. The lowest BCUT2D eigenvalue weighted by atomic mass is 9.91. The summed E-state index contributed by atoms with van der Waals surface area (Å²) in [6.07, 6.45) is 1.16. The number of aryl methyl sites for hydroxylation is 1. The Hall–Kier alpha value is -3.35. The molecule has 1 amide bonds. The van der Waals surface area contributed by atoms with Crippen molar-refractivity contribution < 1.29 is 14.6 Å². The van der Waals surface area contributed by atoms with E-state index < -0.39 is 5.60 Å². The Morgan fingerprint density at radius 3 is 2.66 bits per heavy atom. The Kier molecular flexibility index (Phi) is 4.04. The second-order valence-corrected chi connectivity index (χ2v) is 7.82. The average Bonchev–Trinajstić information content (AvgIpc) is 3.08. The van der Waals surface area contributed by atoms with E-state index >= 15 is 0 Å². The highest BCUT2D eigenvalue weighted by Gasteiger charge is 2.43. The van der Waals surface area contributed by atoms with Crippen LogP contribution in [0.15, 0.2) is 42.5 Å². The first-order valence-corrected chi connectivity index (χ1v) is 9.82. The van der Waals surface area contributed by atoms with Crippen molar-refractivity contribution in [1.29, 1.82) is 0 Å². The summed E-state index contributed by atoms with van der Waals surface area (Å²) >= 11 is 0. The Morgan fingerprint density at radius 2 is 1.93 bits per heavy atom. The Morgan fingerprint density at radius 1 is 1.14 bits per heavy atom. The number of phenolic OH excluding ortho intramolecular Hbond substituents is 1. The lowest BCUT2D eigenvalue weighted by Gasteiger charge is -2.38. The van der Waals surface area contributed by atoms with Crippen LogP contribution in [-0.2, 0) is 4.74 Å². The second kappa shape index (κ2) is 6.62. The Labute approximate surface area is 168 Å².